The van der Waals surface area contributed by atoms with E-state index >= 15 is 0 Å². The summed E-state index contributed by atoms with van der Waals surface area (Å²) in [5.74, 6) is -3.38. The van der Waals surface area contributed by atoms with Crippen LogP contribution in [0.2, 0.25) is 0 Å². The zero-order valence-electron chi connectivity index (χ0n) is 11.8. The van der Waals surface area contributed by atoms with Gasteiger partial charge in [-0.1, -0.05) is 30.3 Å². The fraction of sp³-hybridized carbons (Fsp3) is 0.118. The van der Waals surface area contributed by atoms with Crippen molar-refractivity contribution in [2.75, 3.05) is 0 Å². The molecule has 2 aromatic rings. The normalized spacial score (nSPS) is 11.3. The Morgan fingerprint density at radius 2 is 1.77 bits per heavy atom. The number of hydrogen-bond acceptors (Lipinski definition) is 2. The molecule has 0 aliphatic heterocycles. The molecular formula is C17H14F2O3. The molecule has 2 aromatic carbocycles. The molecule has 22 heavy (non-hydrogen) atoms. The smallest absolute Gasteiger partial charge is 0.331 e. The maximum atomic E-state index is 13.9. The van der Waals surface area contributed by atoms with E-state index in [1.54, 1.807) is 24.3 Å². The fourth-order valence-corrected chi connectivity index (χ4v) is 1.84. The quantitative estimate of drug-likeness (QED) is 0.848. The molecule has 0 bridgehead atoms. The number of aliphatic carboxylic acids is 1. The van der Waals surface area contributed by atoms with E-state index in [1.165, 1.54) is 13.0 Å². The molecule has 0 heterocycles. The van der Waals surface area contributed by atoms with Crippen molar-refractivity contribution in [1.29, 1.82) is 0 Å². The highest BCUT2D eigenvalue weighted by molar-refractivity contribution is 5.91. The number of ether oxygens (including phenoxy) is 1. The third kappa shape index (κ3) is 3.91. The Morgan fingerprint density at radius 3 is 2.32 bits per heavy atom. The predicted octanol–water partition coefficient (Wildman–Crippen LogP) is 4.03. The van der Waals surface area contributed by atoms with Gasteiger partial charge in [0.05, 0.1) is 0 Å². The number of benzene rings is 2. The summed E-state index contributed by atoms with van der Waals surface area (Å²) in [6.45, 7) is 1.38. The lowest BCUT2D eigenvalue weighted by Gasteiger charge is -2.09. The highest BCUT2D eigenvalue weighted by Gasteiger charge is 2.13. The third-order valence-electron chi connectivity index (χ3n) is 2.97. The second-order valence-corrected chi connectivity index (χ2v) is 4.72. The van der Waals surface area contributed by atoms with E-state index in [9.17, 15) is 13.6 Å². The van der Waals surface area contributed by atoms with E-state index in [0.29, 0.717) is 0 Å². The van der Waals surface area contributed by atoms with E-state index in [1.807, 2.05) is 6.07 Å². The minimum absolute atomic E-state index is 0.0169. The first-order valence-corrected chi connectivity index (χ1v) is 6.54. The predicted molar refractivity (Wildman–Crippen MR) is 78.4 cm³/mol. The van der Waals surface area contributed by atoms with Crippen molar-refractivity contribution in [3.05, 3.63) is 70.8 Å². The van der Waals surface area contributed by atoms with Crippen molar-refractivity contribution in [1.82, 2.24) is 0 Å². The largest absolute Gasteiger partial charge is 0.483 e. The molecule has 0 radical (unpaired) electrons. The molecule has 3 nitrogen and oxygen atoms in total. The molecule has 0 spiro atoms. The molecule has 0 saturated carbocycles. The van der Waals surface area contributed by atoms with Crippen molar-refractivity contribution in [2.45, 2.75) is 13.5 Å². The summed E-state index contributed by atoms with van der Waals surface area (Å²) in [5, 5.41) is 8.77. The summed E-state index contributed by atoms with van der Waals surface area (Å²) in [5.41, 5.74) is 0.894. The molecule has 0 saturated heterocycles. The van der Waals surface area contributed by atoms with Crippen LogP contribution in [-0.2, 0) is 11.4 Å². The van der Waals surface area contributed by atoms with Gasteiger partial charge in [0.2, 0.25) is 0 Å². The van der Waals surface area contributed by atoms with Crippen molar-refractivity contribution >= 4 is 12.0 Å². The van der Waals surface area contributed by atoms with E-state index in [-0.39, 0.29) is 17.7 Å². The second kappa shape index (κ2) is 6.85. The summed E-state index contributed by atoms with van der Waals surface area (Å²) in [6, 6.07) is 11.1. The van der Waals surface area contributed by atoms with Gasteiger partial charge in [-0.15, -0.1) is 0 Å². The Labute approximate surface area is 126 Å². The van der Waals surface area contributed by atoms with Crippen LogP contribution in [0.5, 0.6) is 5.75 Å². The number of carboxylic acids is 1. The summed E-state index contributed by atoms with van der Waals surface area (Å²) in [4.78, 5) is 10.7. The minimum Gasteiger partial charge on any atom is -0.483 e. The fourth-order valence-electron chi connectivity index (χ4n) is 1.84. The van der Waals surface area contributed by atoms with Gasteiger partial charge < -0.3 is 9.84 Å². The van der Waals surface area contributed by atoms with Crippen LogP contribution in [0.1, 0.15) is 18.1 Å². The van der Waals surface area contributed by atoms with E-state index in [4.69, 9.17) is 9.84 Å². The van der Waals surface area contributed by atoms with Gasteiger partial charge >= 0.3 is 5.97 Å². The van der Waals surface area contributed by atoms with Crippen LogP contribution in [0, 0.1) is 11.6 Å². The van der Waals surface area contributed by atoms with Gasteiger partial charge in [-0.25, -0.2) is 13.6 Å². The molecule has 114 valence electrons. The van der Waals surface area contributed by atoms with Gasteiger partial charge in [-0.3, -0.25) is 0 Å². The molecule has 0 fully saturated rings. The summed E-state index contributed by atoms with van der Waals surface area (Å²) >= 11 is 0. The van der Waals surface area contributed by atoms with Crippen molar-refractivity contribution in [2.24, 2.45) is 0 Å². The first-order valence-electron chi connectivity index (χ1n) is 6.54. The van der Waals surface area contributed by atoms with Gasteiger partial charge in [0.1, 0.15) is 6.61 Å². The zero-order chi connectivity index (χ0) is 16.1. The first-order chi connectivity index (χ1) is 10.5. The van der Waals surface area contributed by atoms with Crippen LogP contribution < -0.4 is 4.74 Å². The molecule has 0 aliphatic rings. The van der Waals surface area contributed by atoms with Crippen molar-refractivity contribution in [3.63, 3.8) is 0 Å². The van der Waals surface area contributed by atoms with Crippen molar-refractivity contribution in [3.8, 4) is 5.75 Å². The lowest BCUT2D eigenvalue weighted by molar-refractivity contribution is -0.132. The SMILES string of the molecule is CC(=Cc1cc(F)c(OCc2ccccc2)c(F)c1)C(=O)O. The van der Waals surface area contributed by atoms with Gasteiger partial charge in [-0.2, -0.15) is 0 Å². The average molecular weight is 304 g/mol. The monoisotopic (exact) mass is 304 g/mol. The summed E-state index contributed by atoms with van der Waals surface area (Å²) in [6.07, 6.45) is 1.19. The third-order valence-corrected chi connectivity index (χ3v) is 2.97. The standard InChI is InChI=1S/C17H14F2O3/c1-11(17(20)21)7-13-8-14(18)16(15(19)9-13)22-10-12-5-3-2-4-6-12/h2-9H,10H2,1H3,(H,20,21). The highest BCUT2D eigenvalue weighted by Crippen LogP contribution is 2.25. The van der Waals surface area contributed by atoms with Gasteiger partial charge in [0.15, 0.2) is 17.4 Å². The number of hydrogen-bond donors (Lipinski definition) is 1. The van der Waals surface area contributed by atoms with Crippen LogP contribution in [0.25, 0.3) is 6.08 Å². The lowest BCUT2D eigenvalue weighted by atomic mass is 10.1. The molecule has 5 heteroatoms. The minimum atomic E-state index is -1.15. The summed E-state index contributed by atoms with van der Waals surface area (Å²) < 4.78 is 33.0. The molecule has 0 aromatic heterocycles. The van der Waals surface area contributed by atoms with Crippen LogP contribution in [-0.4, -0.2) is 11.1 Å². The molecule has 2 rings (SSSR count). The molecule has 0 amide bonds. The Balaban J connectivity index is 2.20. The molecule has 0 aliphatic carbocycles. The topological polar surface area (TPSA) is 46.5 Å². The molecular weight excluding hydrogens is 290 g/mol. The zero-order valence-corrected chi connectivity index (χ0v) is 11.8. The van der Waals surface area contributed by atoms with E-state index in [2.05, 4.69) is 0 Å². The Morgan fingerprint density at radius 1 is 1.18 bits per heavy atom. The van der Waals surface area contributed by atoms with Crippen LogP contribution >= 0.6 is 0 Å². The Hall–Kier alpha value is -2.69. The number of halogens is 2. The number of rotatable bonds is 5. The van der Waals surface area contributed by atoms with Crippen LogP contribution in [0.3, 0.4) is 0 Å². The van der Waals surface area contributed by atoms with Crippen LogP contribution in [0.15, 0.2) is 48.0 Å². The first kappa shape index (κ1) is 15.7. The van der Waals surface area contributed by atoms with E-state index < -0.39 is 23.4 Å². The van der Waals surface area contributed by atoms with Crippen LogP contribution in [0.4, 0.5) is 8.78 Å². The number of carboxylic acid groups (broad SMARTS) is 1. The summed E-state index contributed by atoms with van der Waals surface area (Å²) in [7, 11) is 0. The Bertz CT molecular complexity index is 686. The highest BCUT2D eigenvalue weighted by atomic mass is 19.1. The van der Waals surface area contributed by atoms with E-state index in [0.717, 1.165) is 17.7 Å². The maximum Gasteiger partial charge on any atom is 0.331 e. The van der Waals surface area contributed by atoms with Gasteiger partial charge in [0, 0.05) is 5.57 Å². The Kier molecular flexibility index (Phi) is 4.88. The molecule has 1 N–H and O–H groups in total. The average Bonchev–Trinajstić information content (AvgIpc) is 2.47. The second-order valence-electron chi connectivity index (χ2n) is 4.72. The van der Waals surface area contributed by atoms with Crippen molar-refractivity contribution < 1.29 is 23.4 Å². The lowest BCUT2D eigenvalue weighted by Crippen LogP contribution is -2.01. The molecule has 0 atom stereocenters. The number of carbonyl (C=O) groups is 1. The maximum absolute atomic E-state index is 13.9. The van der Waals surface area contributed by atoms with Gasteiger partial charge in [-0.05, 0) is 36.3 Å². The molecule has 0 unspecified atom stereocenters. The van der Waals surface area contributed by atoms with Gasteiger partial charge in [0.25, 0.3) is 0 Å².